The van der Waals surface area contributed by atoms with Gasteiger partial charge in [0.25, 0.3) is 5.91 Å². The Bertz CT molecular complexity index is 995. The molecule has 1 heterocycles. The van der Waals surface area contributed by atoms with Gasteiger partial charge in [0.15, 0.2) is 11.6 Å². The molecule has 1 aromatic heterocycles. The largest absolute Gasteiger partial charge is 0.420 e. The fraction of sp³-hybridized carbons (Fsp3) is 0.0500. The Morgan fingerprint density at radius 2 is 1.75 bits per heavy atom. The second-order valence-electron chi connectivity index (χ2n) is 5.73. The Balaban J connectivity index is 1.62. The van der Waals surface area contributed by atoms with Crippen LogP contribution in [-0.2, 0) is 0 Å². The van der Waals surface area contributed by atoms with Crippen molar-refractivity contribution in [3.05, 3.63) is 84.1 Å². The number of ether oxygens (including phenoxy) is 1. The highest BCUT2D eigenvalue weighted by Gasteiger charge is 2.14. The van der Waals surface area contributed by atoms with Crippen molar-refractivity contribution in [3.63, 3.8) is 0 Å². The van der Waals surface area contributed by atoms with Crippen molar-refractivity contribution in [1.82, 2.24) is 4.98 Å². The van der Waals surface area contributed by atoms with Gasteiger partial charge in [0.2, 0.25) is 5.88 Å². The second kappa shape index (κ2) is 8.26. The van der Waals surface area contributed by atoms with Crippen LogP contribution in [-0.4, -0.2) is 24.0 Å². The molecule has 0 aliphatic rings. The Kier molecular flexibility index (Phi) is 5.59. The standard InChI is InChI=1S/C20H15F2N3O3/c1-25(15-5-3-2-4-6-15)20(27)28-18-10-8-14(12-23-18)24-19(26)13-7-9-16(21)17(22)11-13/h2-12H,1H3,(H,24,26). The predicted octanol–water partition coefficient (Wildman–Crippen LogP) is 4.25. The molecule has 3 aromatic rings. The molecule has 0 fully saturated rings. The molecule has 2 aromatic carbocycles. The first-order chi connectivity index (χ1) is 13.4. The summed E-state index contributed by atoms with van der Waals surface area (Å²) in [6.07, 6.45) is 0.653. The number of amides is 2. The van der Waals surface area contributed by atoms with Crippen molar-refractivity contribution in [2.24, 2.45) is 0 Å². The van der Waals surface area contributed by atoms with Gasteiger partial charge in [-0.05, 0) is 36.4 Å². The Morgan fingerprint density at radius 3 is 2.39 bits per heavy atom. The summed E-state index contributed by atoms with van der Waals surface area (Å²) in [4.78, 5) is 29.5. The molecule has 142 valence electrons. The van der Waals surface area contributed by atoms with E-state index in [1.807, 2.05) is 6.07 Å². The highest BCUT2D eigenvalue weighted by molar-refractivity contribution is 6.04. The van der Waals surface area contributed by atoms with E-state index < -0.39 is 23.6 Å². The van der Waals surface area contributed by atoms with Crippen molar-refractivity contribution in [2.75, 3.05) is 17.3 Å². The molecule has 2 amide bonds. The average molecular weight is 383 g/mol. The van der Waals surface area contributed by atoms with Gasteiger partial charge in [0.1, 0.15) is 0 Å². The van der Waals surface area contributed by atoms with E-state index in [2.05, 4.69) is 10.3 Å². The molecule has 1 N–H and O–H groups in total. The van der Waals surface area contributed by atoms with Gasteiger partial charge in [-0.3, -0.25) is 9.69 Å². The summed E-state index contributed by atoms with van der Waals surface area (Å²) in [6, 6.07) is 14.6. The minimum Gasteiger partial charge on any atom is -0.391 e. The van der Waals surface area contributed by atoms with Gasteiger partial charge in [0, 0.05) is 24.4 Å². The van der Waals surface area contributed by atoms with Crippen molar-refractivity contribution in [1.29, 1.82) is 0 Å². The van der Waals surface area contributed by atoms with Crippen molar-refractivity contribution in [2.45, 2.75) is 0 Å². The van der Waals surface area contributed by atoms with Crippen LogP contribution in [0.5, 0.6) is 5.88 Å². The van der Waals surface area contributed by atoms with Crippen LogP contribution in [0.15, 0.2) is 66.9 Å². The summed E-state index contributed by atoms with van der Waals surface area (Å²) in [5.41, 5.74) is 0.910. The molecule has 0 bridgehead atoms. The lowest BCUT2D eigenvalue weighted by Crippen LogP contribution is -2.29. The fourth-order valence-electron chi connectivity index (χ4n) is 2.27. The van der Waals surface area contributed by atoms with Crippen LogP contribution in [0, 0.1) is 11.6 Å². The molecule has 0 radical (unpaired) electrons. The summed E-state index contributed by atoms with van der Waals surface area (Å²) in [7, 11) is 1.56. The predicted molar refractivity (Wildman–Crippen MR) is 99.4 cm³/mol. The molecule has 3 rings (SSSR count). The van der Waals surface area contributed by atoms with E-state index in [4.69, 9.17) is 4.74 Å². The molecule has 0 saturated carbocycles. The first-order valence-corrected chi connectivity index (χ1v) is 8.17. The number of para-hydroxylation sites is 1. The number of halogens is 2. The number of benzene rings is 2. The van der Waals surface area contributed by atoms with Crippen LogP contribution < -0.4 is 15.0 Å². The number of nitrogens with one attached hydrogen (secondary N) is 1. The summed E-state index contributed by atoms with van der Waals surface area (Å²) >= 11 is 0. The molecule has 6 nitrogen and oxygen atoms in total. The summed E-state index contributed by atoms with van der Waals surface area (Å²) in [6.45, 7) is 0. The summed E-state index contributed by atoms with van der Waals surface area (Å²) in [5, 5.41) is 2.49. The van der Waals surface area contributed by atoms with Crippen molar-refractivity contribution < 1.29 is 23.1 Å². The first-order valence-electron chi connectivity index (χ1n) is 8.17. The monoisotopic (exact) mass is 383 g/mol. The highest BCUT2D eigenvalue weighted by Crippen LogP contribution is 2.17. The molecular weight excluding hydrogens is 368 g/mol. The molecule has 0 aliphatic carbocycles. The van der Waals surface area contributed by atoms with Crippen molar-refractivity contribution >= 4 is 23.4 Å². The Labute approximate surface area is 159 Å². The van der Waals surface area contributed by atoms with Crippen molar-refractivity contribution in [3.8, 4) is 5.88 Å². The number of hydrogen-bond acceptors (Lipinski definition) is 4. The summed E-state index contributed by atoms with van der Waals surface area (Å²) in [5.74, 6) is -2.74. The van der Waals surface area contributed by atoms with E-state index >= 15 is 0 Å². The lowest BCUT2D eigenvalue weighted by molar-refractivity contribution is 0.102. The zero-order valence-electron chi connectivity index (χ0n) is 14.7. The van der Waals surface area contributed by atoms with E-state index in [1.54, 1.807) is 31.3 Å². The minimum absolute atomic E-state index is 0.0404. The number of rotatable bonds is 4. The zero-order chi connectivity index (χ0) is 20.1. The SMILES string of the molecule is CN(C(=O)Oc1ccc(NC(=O)c2ccc(F)c(F)c2)cn1)c1ccccc1. The normalized spacial score (nSPS) is 10.2. The quantitative estimate of drug-likeness (QED) is 0.731. The van der Waals surface area contributed by atoms with Crippen LogP contribution >= 0.6 is 0 Å². The van der Waals surface area contributed by atoms with Crippen LogP contribution in [0.4, 0.5) is 25.0 Å². The fourth-order valence-corrected chi connectivity index (χ4v) is 2.27. The maximum atomic E-state index is 13.2. The first kappa shape index (κ1) is 19.0. The van der Waals surface area contributed by atoms with E-state index in [-0.39, 0.29) is 11.4 Å². The van der Waals surface area contributed by atoms with Gasteiger partial charge in [-0.1, -0.05) is 18.2 Å². The number of carbonyl (C=O) groups is 2. The van der Waals surface area contributed by atoms with Crippen LogP contribution in [0.1, 0.15) is 10.4 Å². The third kappa shape index (κ3) is 4.47. The van der Waals surface area contributed by atoms with E-state index in [9.17, 15) is 18.4 Å². The third-order valence-corrected chi connectivity index (χ3v) is 3.79. The van der Waals surface area contributed by atoms with E-state index in [0.29, 0.717) is 11.4 Å². The van der Waals surface area contributed by atoms with Gasteiger partial charge >= 0.3 is 6.09 Å². The highest BCUT2D eigenvalue weighted by atomic mass is 19.2. The molecular formula is C20H15F2N3O3. The van der Waals surface area contributed by atoms with E-state index in [1.165, 1.54) is 23.2 Å². The second-order valence-corrected chi connectivity index (χ2v) is 5.73. The maximum Gasteiger partial charge on any atom is 0.420 e. The van der Waals surface area contributed by atoms with Gasteiger partial charge in [-0.15, -0.1) is 0 Å². The number of carbonyl (C=O) groups excluding carboxylic acids is 2. The third-order valence-electron chi connectivity index (χ3n) is 3.79. The lowest BCUT2D eigenvalue weighted by Gasteiger charge is -2.16. The van der Waals surface area contributed by atoms with Gasteiger partial charge in [0.05, 0.1) is 11.9 Å². The molecule has 8 heteroatoms. The molecule has 28 heavy (non-hydrogen) atoms. The molecule has 0 unspecified atom stereocenters. The molecule has 0 atom stereocenters. The zero-order valence-corrected chi connectivity index (χ0v) is 14.7. The maximum absolute atomic E-state index is 13.2. The van der Waals surface area contributed by atoms with Crippen LogP contribution in [0.2, 0.25) is 0 Å². The smallest absolute Gasteiger partial charge is 0.391 e. The van der Waals surface area contributed by atoms with Crippen LogP contribution in [0.3, 0.4) is 0 Å². The molecule has 0 saturated heterocycles. The molecule has 0 spiro atoms. The number of anilines is 2. The Hall–Kier alpha value is -3.81. The average Bonchev–Trinajstić information content (AvgIpc) is 2.71. The number of hydrogen-bond donors (Lipinski definition) is 1. The topological polar surface area (TPSA) is 71.5 Å². The van der Waals surface area contributed by atoms with Crippen LogP contribution in [0.25, 0.3) is 0 Å². The minimum atomic E-state index is -1.12. The number of nitrogens with zero attached hydrogens (tertiary/aromatic N) is 2. The van der Waals surface area contributed by atoms with Gasteiger partial charge < -0.3 is 10.1 Å². The Morgan fingerprint density at radius 1 is 1.00 bits per heavy atom. The van der Waals surface area contributed by atoms with E-state index in [0.717, 1.165) is 18.2 Å². The summed E-state index contributed by atoms with van der Waals surface area (Å²) < 4.78 is 31.3. The number of aromatic nitrogens is 1. The van der Waals surface area contributed by atoms with Gasteiger partial charge in [-0.2, -0.15) is 0 Å². The lowest BCUT2D eigenvalue weighted by atomic mass is 10.2. The van der Waals surface area contributed by atoms with Gasteiger partial charge in [-0.25, -0.2) is 18.6 Å². The molecule has 0 aliphatic heterocycles. The number of pyridine rings is 1.